The molecule has 1 aliphatic rings. The maximum atomic E-state index is 11.6. The van der Waals surface area contributed by atoms with Gasteiger partial charge < -0.3 is 15.2 Å². The summed E-state index contributed by atoms with van der Waals surface area (Å²) in [5, 5.41) is 15.6. The smallest absolute Gasteiger partial charge is 0.354 e. The average Bonchev–Trinajstić information content (AvgIpc) is 3.04. The number of aryl methyl sites for hydroxylation is 1. The zero-order chi connectivity index (χ0) is 13.7. The van der Waals surface area contributed by atoms with Gasteiger partial charge in [0.05, 0.1) is 12.6 Å². The van der Waals surface area contributed by atoms with Crippen LogP contribution in [0.3, 0.4) is 0 Å². The number of nitrogens with one attached hydrogen (secondary N) is 1. The van der Waals surface area contributed by atoms with Gasteiger partial charge in [-0.3, -0.25) is 9.48 Å². The molecule has 0 bridgehead atoms. The van der Waals surface area contributed by atoms with E-state index in [2.05, 4.69) is 10.4 Å². The molecule has 0 spiro atoms. The highest BCUT2D eigenvalue weighted by molar-refractivity contribution is 5.85. The van der Waals surface area contributed by atoms with E-state index in [9.17, 15) is 9.59 Å². The summed E-state index contributed by atoms with van der Waals surface area (Å²) in [6, 6.07) is 1.41. The second-order valence-corrected chi connectivity index (χ2v) is 4.43. The molecule has 1 amide bonds. The number of nitrogens with zero attached hydrogens (tertiary/aromatic N) is 2. The Morgan fingerprint density at radius 1 is 1.58 bits per heavy atom. The van der Waals surface area contributed by atoms with E-state index >= 15 is 0 Å². The molecule has 1 fully saturated rings. The molecule has 19 heavy (non-hydrogen) atoms. The van der Waals surface area contributed by atoms with Crippen LogP contribution in [0, 0.1) is 0 Å². The van der Waals surface area contributed by atoms with E-state index in [0.717, 1.165) is 19.4 Å². The second-order valence-electron chi connectivity index (χ2n) is 4.43. The Kier molecular flexibility index (Phi) is 4.51. The zero-order valence-corrected chi connectivity index (χ0v) is 10.5. The molecule has 2 N–H and O–H groups in total. The molecule has 7 nitrogen and oxygen atoms in total. The average molecular weight is 267 g/mol. The van der Waals surface area contributed by atoms with Gasteiger partial charge in [0.2, 0.25) is 5.91 Å². The molecule has 1 aromatic heterocycles. The number of carbonyl (C=O) groups excluding carboxylic acids is 1. The van der Waals surface area contributed by atoms with Crippen LogP contribution < -0.4 is 5.32 Å². The van der Waals surface area contributed by atoms with Crippen LogP contribution in [0.5, 0.6) is 0 Å². The van der Waals surface area contributed by atoms with Gasteiger partial charge in [-0.05, 0) is 18.9 Å². The first-order chi connectivity index (χ1) is 9.16. The summed E-state index contributed by atoms with van der Waals surface area (Å²) in [4.78, 5) is 22.5. The van der Waals surface area contributed by atoms with Crippen molar-refractivity contribution in [1.29, 1.82) is 0 Å². The van der Waals surface area contributed by atoms with Gasteiger partial charge >= 0.3 is 5.97 Å². The van der Waals surface area contributed by atoms with E-state index in [-0.39, 0.29) is 30.7 Å². The van der Waals surface area contributed by atoms with Gasteiger partial charge in [-0.2, -0.15) is 5.10 Å². The van der Waals surface area contributed by atoms with Crippen LogP contribution in [0.2, 0.25) is 0 Å². The first-order valence-corrected chi connectivity index (χ1v) is 6.30. The van der Waals surface area contributed by atoms with E-state index in [1.807, 2.05) is 0 Å². The third-order valence-electron chi connectivity index (χ3n) is 3.04. The molecule has 2 heterocycles. The maximum Gasteiger partial charge on any atom is 0.354 e. The fourth-order valence-corrected chi connectivity index (χ4v) is 2.02. The Balaban J connectivity index is 1.73. The highest BCUT2D eigenvalue weighted by Gasteiger charge is 2.16. The van der Waals surface area contributed by atoms with E-state index in [1.165, 1.54) is 16.9 Å². The molecule has 0 aliphatic carbocycles. The minimum atomic E-state index is -1.04. The van der Waals surface area contributed by atoms with Gasteiger partial charge in [-0.25, -0.2) is 4.79 Å². The predicted molar refractivity (Wildman–Crippen MR) is 65.8 cm³/mol. The van der Waals surface area contributed by atoms with Crippen molar-refractivity contribution in [1.82, 2.24) is 15.1 Å². The predicted octanol–water partition coefficient (Wildman–Crippen LogP) is 0.267. The Morgan fingerprint density at radius 3 is 3.11 bits per heavy atom. The summed E-state index contributed by atoms with van der Waals surface area (Å²) in [5.74, 6) is -1.17. The highest BCUT2D eigenvalue weighted by atomic mass is 16.5. The van der Waals surface area contributed by atoms with Crippen molar-refractivity contribution < 1.29 is 19.4 Å². The van der Waals surface area contributed by atoms with Gasteiger partial charge in [-0.15, -0.1) is 0 Å². The molecule has 0 aromatic carbocycles. The van der Waals surface area contributed by atoms with Crippen molar-refractivity contribution in [3.05, 3.63) is 18.0 Å². The fourth-order valence-electron chi connectivity index (χ4n) is 2.02. The largest absolute Gasteiger partial charge is 0.477 e. The van der Waals surface area contributed by atoms with Crippen LogP contribution in [-0.4, -0.2) is 46.0 Å². The molecule has 1 aliphatic heterocycles. The molecule has 0 radical (unpaired) electrons. The Labute approximate surface area is 110 Å². The summed E-state index contributed by atoms with van der Waals surface area (Å²) in [5.41, 5.74) is 0.0897. The monoisotopic (exact) mass is 267 g/mol. The number of amides is 1. The summed E-state index contributed by atoms with van der Waals surface area (Å²) in [7, 11) is 0. The molecular weight excluding hydrogens is 250 g/mol. The summed E-state index contributed by atoms with van der Waals surface area (Å²) in [6.07, 6.45) is 3.74. The van der Waals surface area contributed by atoms with Crippen molar-refractivity contribution in [2.45, 2.75) is 31.9 Å². The van der Waals surface area contributed by atoms with Crippen LogP contribution in [0.15, 0.2) is 12.3 Å². The summed E-state index contributed by atoms with van der Waals surface area (Å²) < 4.78 is 6.71. The molecular formula is C12H17N3O4. The molecule has 2 rings (SSSR count). The summed E-state index contributed by atoms with van der Waals surface area (Å²) >= 11 is 0. The zero-order valence-electron chi connectivity index (χ0n) is 10.5. The lowest BCUT2D eigenvalue weighted by atomic mass is 10.2. The number of hydrogen-bond acceptors (Lipinski definition) is 4. The quantitative estimate of drug-likeness (QED) is 0.771. The number of carboxylic acid groups (broad SMARTS) is 1. The number of hydrogen-bond donors (Lipinski definition) is 2. The van der Waals surface area contributed by atoms with E-state index < -0.39 is 5.97 Å². The van der Waals surface area contributed by atoms with Crippen molar-refractivity contribution in [3.63, 3.8) is 0 Å². The van der Waals surface area contributed by atoms with E-state index in [1.54, 1.807) is 0 Å². The third kappa shape index (κ3) is 3.78. The van der Waals surface area contributed by atoms with Crippen molar-refractivity contribution in [3.8, 4) is 0 Å². The van der Waals surface area contributed by atoms with E-state index in [0.29, 0.717) is 6.54 Å². The second kappa shape index (κ2) is 6.33. The summed E-state index contributed by atoms with van der Waals surface area (Å²) in [6.45, 7) is 1.53. The maximum absolute atomic E-state index is 11.6. The van der Waals surface area contributed by atoms with Crippen LogP contribution in [0.1, 0.15) is 29.8 Å². The molecule has 1 unspecified atom stereocenters. The minimum absolute atomic E-state index is 0.0897. The molecule has 7 heteroatoms. The van der Waals surface area contributed by atoms with Crippen LogP contribution >= 0.6 is 0 Å². The SMILES string of the molecule is O=C(CCn1nccc1C(=O)O)NCC1CCCO1. The number of carboxylic acids is 1. The first-order valence-electron chi connectivity index (χ1n) is 6.30. The number of rotatable bonds is 6. The minimum Gasteiger partial charge on any atom is -0.477 e. The van der Waals surface area contributed by atoms with Crippen LogP contribution in [0.4, 0.5) is 0 Å². The third-order valence-corrected chi connectivity index (χ3v) is 3.04. The standard InChI is InChI=1S/C12H17N3O4/c16-11(13-8-9-2-1-7-19-9)4-6-15-10(12(17)18)3-5-14-15/h3,5,9H,1-2,4,6-8H2,(H,13,16)(H,17,18). The van der Waals surface area contributed by atoms with Gasteiger partial charge in [0.15, 0.2) is 0 Å². The van der Waals surface area contributed by atoms with E-state index in [4.69, 9.17) is 9.84 Å². The van der Waals surface area contributed by atoms with Crippen molar-refractivity contribution in [2.24, 2.45) is 0 Å². The Hall–Kier alpha value is -1.89. The van der Waals surface area contributed by atoms with Gasteiger partial charge in [0.1, 0.15) is 5.69 Å². The Morgan fingerprint density at radius 2 is 2.42 bits per heavy atom. The molecule has 0 saturated carbocycles. The lowest BCUT2D eigenvalue weighted by Crippen LogP contribution is -2.32. The van der Waals surface area contributed by atoms with Crippen LogP contribution in [0.25, 0.3) is 0 Å². The molecule has 104 valence electrons. The van der Waals surface area contributed by atoms with Gasteiger partial charge in [0, 0.05) is 25.8 Å². The number of ether oxygens (including phenoxy) is 1. The number of carbonyl (C=O) groups is 2. The lowest BCUT2D eigenvalue weighted by Gasteiger charge is -2.11. The molecule has 1 atom stereocenters. The van der Waals surface area contributed by atoms with Gasteiger partial charge in [-0.1, -0.05) is 0 Å². The number of aromatic carboxylic acids is 1. The van der Waals surface area contributed by atoms with Crippen molar-refractivity contribution in [2.75, 3.05) is 13.2 Å². The fraction of sp³-hybridized carbons (Fsp3) is 0.583. The topological polar surface area (TPSA) is 93.5 Å². The molecule has 1 saturated heterocycles. The first kappa shape index (κ1) is 13.5. The lowest BCUT2D eigenvalue weighted by molar-refractivity contribution is -0.121. The van der Waals surface area contributed by atoms with Gasteiger partial charge in [0.25, 0.3) is 0 Å². The van der Waals surface area contributed by atoms with Crippen LogP contribution in [-0.2, 0) is 16.1 Å². The number of aromatic nitrogens is 2. The molecule has 1 aromatic rings. The highest BCUT2D eigenvalue weighted by Crippen LogP contribution is 2.10. The normalized spacial score (nSPS) is 18.4. The Bertz CT molecular complexity index is 452. The van der Waals surface area contributed by atoms with Crippen molar-refractivity contribution >= 4 is 11.9 Å².